The maximum atomic E-state index is 13.5. The molecule has 0 aromatic heterocycles. The highest BCUT2D eigenvalue weighted by molar-refractivity contribution is 5.77. The minimum absolute atomic E-state index is 0.0263. The van der Waals surface area contributed by atoms with Gasteiger partial charge in [-0.15, -0.1) is 0 Å². The number of benzene rings is 1. The van der Waals surface area contributed by atoms with Crippen molar-refractivity contribution < 1.29 is 35.9 Å². The van der Waals surface area contributed by atoms with E-state index in [1.165, 1.54) is 6.92 Å². The smallest absolute Gasteiger partial charge is 0.372 e. The van der Waals surface area contributed by atoms with Gasteiger partial charge < -0.3 is 15.0 Å². The summed E-state index contributed by atoms with van der Waals surface area (Å²) < 4.78 is 86.9. The molecule has 38 heavy (non-hydrogen) atoms. The summed E-state index contributed by atoms with van der Waals surface area (Å²) in [7, 11) is 0. The lowest BCUT2D eigenvalue weighted by atomic mass is 9.81. The zero-order valence-corrected chi connectivity index (χ0v) is 21.2. The van der Waals surface area contributed by atoms with Gasteiger partial charge in [-0.3, -0.25) is 4.79 Å². The van der Waals surface area contributed by atoms with Gasteiger partial charge in [-0.05, 0) is 62.3 Å². The number of alkyl halides is 6. The molecule has 2 heterocycles. The van der Waals surface area contributed by atoms with Crippen LogP contribution in [0.25, 0.3) is 0 Å². The van der Waals surface area contributed by atoms with E-state index in [-0.39, 0.29) is 24.1 Å². The molecule has 0 radical (unpaired) electrons. The molecule has 3 aliphatic rings. The average molecular weight is 543 g/mol. The normalized spacial score (nSPS) is 26.3. The van der Waals surface area contributed by atoms with Crippen molar-refractivity contribution >= 4 is 5.91 Å². The quantitative estimate of drug-likeness (QED) is 0.426. The number of carbonyl (C=O) groups is 1. The van der Waals surface area contributed by atoms with Gasteiger partial charge in [0, 0.05) is 31.1 Å². The summed E-state index contributed by atoms with van der Waals surface area (Å²) in [6.07, 6.45) is -5.67. The topological polar surface area (TPSA) is 41.6 Å². The molecule has 0 unspecified atom stereocenters. The summed E-state index contributed by atoms with van der Waals surface area (Å²) in [6.45, 7) is 2.73. The molecule has 0 spiro atoms. The lowest BCUT2D eigenvalue weighted by Crippen LogP contribution is -2.58. The number of likely N-dealkylation sites (tertiary alicyclic amines) is 1. The summed E-state index contributed by atoms with van der Waals surface area (Å²) in [6, 6.07) is 9.47. The molecule has 0 bridgehead atoms. The molecule has 1 aromatic rings. The lowest BCUT2D eigenvalue weighted by molar-refractivity contribution is -0.136. The predicted octanol–water partition coefficient (Wildman–Crippen LogP) is 6.36. The molecule has 208 valence electrons. The van der Waals surface area contributed by atoms with E-state index in [1.807, 2.05) is 35.2 Å². The molecule has 2 saturated heterocycles. The minimum atomic E-state index is -4.78. The number of amides is 1. The first kappa shape index (κ1) is 28.4. The molecule has 4 rings (SSSR count). The van der Waals surface area contributed by atoms with Crippen molar-refractivity contribution in [1.82, 2.24) is 10.2 Å². The highest BCUT2D eigenvalue weighted by atomic mass is 19.4. The standard InChI is InChI=1S/C28H32F6N2O2/c1-19(20-15-22(27(29,30)31)10-11-23(16-20)28(32,33)34)38-18-26(21-7-3-2-4-8-21)13-12-24(17-35-26)36-14-6-5-9-25(36)37/h2-4,7-8,10,15-16,19,24,35H,5-6,9,11-14,17-18H2,1H3/t19-,24+,26-/m1/s1. The van der Waals surface area contributed by atoms with Crippen LogP contribution in [0.4, 0.5) is 26.3 Å². The van der Waals surface area contributed by atoms with Gasteiger partial charge in [-0.2, -0.15) is 26.3 Å². The molecule has 0 saturated carbocycles. The van der Waals surface area contributed by atoms with Gasteiger partial charge in [0.15, 0.2) is 0 Å². The van der Waals surface area contributed by atoms with Crippen LogP contribution in [0, 0.1) is 0 Å². The van der Waals surface area contributed by atoms with Crippen LogP contribution in [0.3, 0.4) is 0 Å². The largest absolute Gasteiger partial charge is 0.416 e. The van der Waals surface area contributed by atoms with Crippen LogP contribution in [-0.4, -0.2) is 55.0 Å². The van der Waals surface area contributed by atoms with Gasteiger partial charge in [-0.25, -0.2) is 0 Å². The third kappa shape index (κ3) is 6.51. The zero-order valence-electron chi connectivity index (χ0n) is 21.2. The van der Waals surface area contributed by atoms with Gasteiger partial charge in [0.2, 0.25) is 5.91 Å². The Kier molecular flexibility index (Phi) is 8.42. The number of hydrogen-bond donors (Lipinski definition) is 1. The number of rotatable bonds is 6. The predicted molar refractivity (Wildman–Crippen MR) is 131 cm³/mol. The van der Waals surface area contributed by atoms with Crippen molar-refractivity contribution in [2.45, 2.75) is 75.5 Å². The summed E-state index contributed by atoms with van der Waals surface area (Å²) in [4.78, 5) is 14.4. The van der Waals surface area contributed by atoms with Crippen molar-refractivity contribution in [3.05, 3.63) is 70.8 Å². The Labute approximate surface area is 218 Å². The van der Waals surface area contributed by atoms with E-state index in [9.17, 15) is 31.1 Å². The first-order chi connectivity index (χ1) is 17.9. The van der Waals surface area contributed by atoms with Gasteiger partial charge in [0.05, 0.1) is 23.8 Å². The third-order valence-electron chi connectivity index (χ3n) is 7.65. The van der Waals surface area contributed by atoms with Gasteiger partial charge in [-0.1, -0.05) is 36.4 Å². The highest BCUT2D eigenvalue weighted by Gasteiger charge is 2.41. The fourth-order valence-corrected chi connectivity index (χ4v) is 5.36. The second-order valence-corrected chi connectivity index (χ2v) is 10.2. The monoisotopic (exact) mass is 542 g/mol. The van der Waals surface area contributed by atoms with Crippen LogP contribution in [0.5, 0.6) is 0 Å². The fourth-order valence-electron chi connectivity index (χ4n) is 5.36. The number of ether oxygens (including phenoxy) is 1. The summed E-state index contributed by atoms with van der Waals surface area (Å²) in [5, 5.41) is 3.53. The van der Waals surface area contributed by atoms with Crippen molar-refractivity contribution in [2.24, 2.45) is 0 Å². The molecule has 10 heteroatoms. The van der Waals surface area contributed by atoms with E-state index in [1.54, 1.807) is 0 Å². The van der Waals surface area contributed by atoms with Crippen LogP contribution in [0.1, 0.15) is 51.0 Å². The van der Waals surface area contributed by atoms with E-state index in [4.69, 9.17) is 4.74 Å². The number of allylic oxidation sites excluding steroid dienone is 4. The van der Waals surface area contributed by atoms with E-state index in [0.717, 1.165) is 30.6 Å². The lowest BCUT2D eigenvalue weighted by Gasteiger charge is -2.46. The highest BCUT2D eigenvalue weighted by Crippen LogP contribution is 2.38. The van der Waals surface area contributed by atoms with Gasteiger partial charge in [0.25, 0.3) is 0 Å². The van der Waals surface area contributed by atoms with Crippen molar-refractivity contribution in [1.29, 1.82) is 0 Å². The Morgan fingerprint density at radius 1 is 1.08 bits per heavy atom. The van der Waals surface area contributed by atoms with Crippen molar-refractivity contribution in [3.63, 3.8) is 0 Å². The Morgan fingerprint density at radius 2 is 1.82 bits per heavy atom. The molecule has 1 amide bonds. The molecule has 2 aliphatic heterocycles. The SMILES string of the molecule is C[C@@H](OC[C@@]1(c2ccccc2)CC[C@H](N2CCCCC2=O)CN1)C1=CC(C(F)(F)F)=CCC(C(F)(F)F)=C1. The molecule has 1 aromatic carbocycles. The fraction of sp³-hybridized carbons (Fsp3) is 0.536. The number of piperidine rings is 2. The number of nitrogens with one attached hydrogen (secondary N) is 1. The minimum Gasteiger partial charge on any atom is -0.372 e. The molecule has 4 nitrogen and oxygen atoms in total. The number of carbonyl (C=O) groups excluding carboxylic acids is 1. The van der Waals surface area contributed by atoms with Crippen LogP contribution in [0.2, 0.25) is 0 Å². The molecular formula is C28H32F6N2O2. The Hall–Kier alpha value is -2.59. The molecule has 1 N–H and O–H groups in total. The van der Waals surface area contributed by atoms with Crippen molar-refractivity contribution in [2.75, 3.05) is 19.7 Å². The Bertz CT molecular complexity index is 1080. The number of hydrogen-bond acceptors (Lipinski definition) is 3. The second-order valence-electron chi connectivity index (χ2n) is 10.2. The number of halogens is 6. The number of nitrogens with zero attached hydrogens (tertiary/aromatic N) is 1. The summed E-state index contributed by atoms with van der Waals surface area (Å²) >= 11 is 0. The summed E-state index contributed by atoms with van der Waals surface area (Å²) in [5.74, 6) is 0.140. The maximum Gasteiger partial charge on any atom is 0.416 e. The van der Waals surface area contributed by atoms with E-state index in [0.29, 0.717) is 38.4 Å². The van der Waals surface area contributed by atoms with Gasteiger partial charge >= 0.3 is 12.4 Å². The van der Waals surface area contributed by atoms with E-state index >= 15 is 0 Å². The summed E-state index contributed by atoms with van der Waals surface area (Å²) in [5.41, 5.74) is -2.15. The first-order valence-corrected chi connectivity index (χ1v) is 12.9. The second kappa shape index (κ2) is 11.3. The molecular weight excluding hydrogens is 510 g/mol. The maximum absolute atomic E-state index is 13.5. The van der Waals surface area contributed by atoms with E-state index < -0.39 is 41.6 Å². The Morgan fingerprint density at radius 3 is 2.42 bits per heavy atom. The van der Waals surface area contributed by atoms with Gasteiger partial charge in [0.1, 0.15) is 0 Å². The van der Waals surface area contributed by atoms with Crippen LogP contribution in [0.15, 0.2) is 65.3 Å². The average Bonchev–Trinajstić information content (AvgIpc) is 3.13. The third-order valence-corrected chi connectivity index (χ3v) is 7.65. The van der Waals surface area contributed by atoms with Crippen LogP contribution in [-0.2, 0) is 15.1 Å². The van der Waals surface area contributed by atoms with E-state index in [2.05, 4.69) is 5.32 Å². The molecule has 3 atom stereocenters. The van der Waals surface area contributed by atoms with Crippen LogP contribution >= 0.6 is 0 Å². The first-order valence-electron chi connectivity index (χ1n) is 12.9. The zero-order chi connectivity index (χ0) is 27.6. The molecule has 2 fully saturated rings. The van der Waals surface area contributed by atoms with Crippen LogP contribution < -0.4 is 5.32 Å². The van der Waals surface area contributed by atoms with Crippen molar-refractivity contribution in [3.8, 4) is 0 Å². The Balaban J connectivity index is 1.54. The molecule has 1 aliphatic carbocycles.